The molecule has 6 nitrogen and oxygen atoms in total. The Bertz CT molecular complexity index is 380. The molecule has 28 heavy (non-hydrogen) atoms. The summed E-state index contributed by atoms with van der Waals surface area (Å²) in [7, 11) is 0. The summed E-state index contributed by atoms with van der Waals surface area (Å²) < 4.78 is 0. The highest BCUT2D eigenvalue weighted by Crippen LogP contribution is 2.21. The molecule has 2 N–H and O–H groups in total. The summed E-state index contributed by atoms with van der Waals surface area (Å²) in [6.07, 6.45) is 2.50. The molecular weight excluding hydrogens is 348 g/mol. The zero-order valence-corrected chi connectivity index (χ0v) is 19.3. The molecule has 0 saturated carbocycles. The average molecular weight is 397 g/mol. The molecule has 0 aromatic rings. The first-order valence-electron chi connectivity index (χ1n) is 12.0. The summed E-state index contributed by atoms with van der Waals surface area (Å²) in [6.45, 7) is 26.7. The SMILES string of the molecule is CCN(CC)CC1(CN(CC)CC)CNCCCN2CCNCCCN1CC2. The van der Waals surface area contributed by atoms with Crippen LogP contribution in [0.4, 0.5) is 0 Å². The Hall–Kier alpha value is -0.240. The molecule has 0 aliphatic carbocycles. The molecule has 2 bridgehead atoms. The predicted molar refractivity (Wildman–Crippen MR) is 121 cm³/mol. The molecule has 2 aliphatic rings. The Morgan fingerprint density at radius 2 is 1.29 bits per heavy atom. The first-order valence-corrected chi connectivity index (χ1v) is 12.0. The van der Waals surface area contributed by atoms with E-state index in [1.807, 2.05) is 0 Å². The van der Waals surface area contributed by atoms with Crippen LogP contribution in [0, 0.1) is 0 Å². The lowest BCUT2D eigenvalue weighted by molar-refractivity contribution is 0.00863. The Labute approximate surface area is 175 Å². The van der Waals surface area contributed by atoms with Gasteiger partial charge in [-0.1, -0.05) is 27.7 Å². The highest BCUT2D eigenvalue weighted by molar-refractivity contribution is 4.99. The second kappa shape index (κ2) is 13.1. The lowest BCUT2D eigenvalue weighted by Crippen LogP contribution is -2.67. The van der Waals surface area contributed by atoms with Gasteiger partial charge in [-0.15, -0.1) is 0 Å². The van der Waals surface area contributed by atoms with Crippen molar-refractivity contribution in [2.75, 3.05) is 98.2 Å². The molecule has 0 aromatic heterocycles. The fourth-order valence-corrected chi connectivity index (χ4v) is 4.89. The van der Waals surface area contributed by atoms with Crippen molar-refractivity contribution in [3.05, 3.63) is 0 Å². The average Bonchev–Trinajstić information content (AvgIpc) is 2.73. The largest absolute Gasteiger partial charge is 0.315 e. The van der Waals surface area contributed by atoms with Gasteiger partial charge in [0.15, 0.2) is 0 Å². The number of nitrogens with one attached hydrogen (secondary N) is 2. The molecule has 2 fully saturated rings. The van der Waals surface area contributed by atoms with E-state index in [4.69, 9.17) is 0 Å². The highest BCUT2D eigenvalue weighted by atomic mass is 15.3. The summed E-state index contributed by atoms with van der Waals surface area (Å²) in [5.74, 6) is 0. The summed E-state index contributed by atoms with van der Waals surface area (Å²) in [5, 5.41) is 7.56. The number of nitrogens with zero attached hydrogens (tertiary/aromatic N) is 4. The summed E-state index contributed by atoms with van der Waals surface area (Å²) >= 11 is 0. The van der Waals surface area contributed by atoms with Crippen LogP contribution in [0.5, 0.6) is 0 Å². The van der Waals surface area contributed by atoms with Crippen molar-refractivity contribution in [3.63, 3.8) is 0 Å². The van der Waals surface area contributed by atoms with Crippen LogP contribution in [-0.4, -0.2) is 123 Å². The van der Waals surface area contributed by atoms with Crippen LogP contribution in [0.25, 0.3) is 0 Å². The van der Waals surface area contributed by atoms with E-state index in [0.717, 1.165) is 65.4 Å². The molecule has 0 aromatic carbocycles. The number of hydrogen-bond donors (Lipinski definition) is 2. The summed E-state index contributed by atoms with van der Waals surface area (Å²) in [5.41, 5.74) is 0.181. The van der Waals surface area contributed by atoms with Gasteiger partial charge in [0, 0.05) is 52.4 Å². The quantitative estimate of drug-likeness (QED) is 0.638. The van der Waals surface area contributed by atoms with Crippen LogP contribution in [0.1, 0.15) is 40.5 Å². The molecule has 2 unspecified atom stereocenters. The smallest absolute Gasteiger partial charge is 0.0588 e. The molecule has 2 atom stereocenters. The second-order valence-corrected chi connectivity index (χ2v) is 8.61. The van der Waals surface area contributed by atoms with Crippen molar-refractivity contribution in [1.82, 2.24) is 30.2 Å². The number of fused-ring (bicyclic) bond motifs is 3. The third kappa shape index (κ3) is 7.22. The molecule has 0 spiro atoms. The van der Waals surface area contributed by atoms with Gasteiger partial charge in [0.1, 0.15) is 0 Å². The third-order valence-electron chi connectivity index (χ3n) is 6.85. The van der Waals surface area contributed by atoms with Gasteiger partial charge < -0.3 is 25.3 Å². The molecule has 2 rings (SSSR count). The zero-order valence-electron chi connectivity index (χ0n) is 19.3. The number of rotatable bonds is 8. The van der Waals surface area contributed by atoms with E-state index < -0.39 is 0 Å². The van der Waals surface area contributed by atoms with Crippen molar-refractivity contribution < 1.29 is 0 Å². The van der Waals surface area contributed by atoms with Crippen LogP contribution in [0.15, 0.2) is 0 Å². The first kappa shape index (κ1) is 24.0. The summed E-state index contributed by atoms with van der Waals surface area (Å²) in [6, 6.07) is 0. The molecule has 0 amide bonds. The lowest BCUT2D eigenvalue weighted by atomic mass is 9.93. The van der Waals surface area contributed by atoms with Gasteiger partial charge in [-0.05, 0) is 58.7 Å². The molecule has 2 aliphatic heterocycles. The Morgan fingerprint density at radius 3 is 1.93 bits per heavy atom. The molecule has 2 saturated heterocycles. The maximum atomic E-state index is 3.88. The minimum atomic E-state index is 0.181. The fraction of sp³-hybridized carbons (Fsp3) is 1.00. The molecule has 0 radical (unpaired) electrons. The van der Waals surface area contributed by atoms with Crippen molar-refractivity contribution >= 4 is 0 Å². The van der Waals surface area contributed by atoms with Crippen molar-refractivity contribution in [3.8, 4) is 0 Å². The molecule has 166 valence electrons. The van der Waals surface area contributed by atoms with E-state index >= 15 is 0 Å². The van der Waals surface area contributed by atoms with Gasteiger partial charge in [-0.25, -0.2) is 0 Å². The van der Waals surface area contributed by atoms with E-state index in [1.165, 1.54) is 45.6 Å². The Balaban J connectivity index is 2.32. The maximum Gasteiger partial charge on any atom is 0.0588 e. The second-order valence-electron chi connectivity index (χ2n) is 8.61. The topological polar surface area (TPSA) is 37.0 Å². The van der Waals surface area contributed by atoms with E-state index in [0.29, 0.717) is 0 Å². The van der Waals surface area contributed by atoms with Gasteiger partial charge in [0.2, 0.25) is 0 Å². The van der Waals surface area contributed by atoms with E-state index in [2.05, 4.69) is 57.9 Å². The lowest BCUT2D eigenvalue weighted by Gasteiger charge is -2.50. The normalized spacial score (nSPS) is 27.2. The minimum Gasteiger partial charge on any atom is -0.315 e. The van der Waals surface area contributed by atoms with Gasteiger partial charge in [0.25, 0.3) is 0 Å². The number of likely N-dealkylation sites (N-methyl/N-ethyl adjacent to an activating group) is 2. The molecule has 2 heterocycles. The Morgan fingerprint density at radius 1 is 0.679 bits per heavy atom. The molecule has 6 heteroatoms. The standard InChI is InChI=1S/C22H48N6/c1-5-25(6-2)20-22(21-26(7-3)8-4)19-24-12-9-14-27-16-13-23-11-10-15-28(22)18-17-27/h23-24H,5-21H2,1-4H3. The van der Waals surface area contributed by atoms with Crippen LogP contribution in [0.2, 0.25) is 0 Å². The van der Waals surface area contributed by atoms with Crippen molar-refractivity contribution in [2.24, 2.45) is 0 Å². The molecular formula is C22H48N6. The van der Waals surface area contributed by atoms with Gasteiger partial charge in [0.05, 0.1) is 5.54 Å². The van der Waals surface area contributed by atoms with Gasteiger partial charge in [-0.3, -0.25) is 4.90 Å². The summed E-state index contributed by atoms with van der Waals surface area (Å²) in [4.78, 5) is 10.8. The van der Waals surface area contributed by atoms with Crippen LogP contribution < -0.4 is 10.6 Å². The highest BCUT2D eigenvalue weighted by Gasteiger charge is 2.39. The fourth-order valence-electron chi connectivity index (χ4n) is 4.89. The van der Waals surface area contributed by atoms with Crippen LogP contribution in [-0.2, 0) is 0 Å². The Kier molecular flexibility index (Phi) is 11.3. The predicted octanol–water partition coefficient (Wildman–Crippen LogP) is 0.999. The van der Waals surface area contributed by atoms with Crippen molar-refractivity contribution in [2.45, 2.75) is 46.1 Å². The van der Waals surface area contributed by atoms with E-state index in [9.17, 15) is 0 Å². The number of hydrogen-bond acceptors (Lipinski definition) is 6. The van der Waals surface area contributed by atoms with Gasteiger partial charge >= 0.3 is 0 Å². The third-order valence-corrected chi connectivity index (χ3v) is 6.85. The van der Waals surface area contributed by atoms with Crippen LogP contribution >= 0.6 is 0 Å². The zero-order chi connectivity index (χ0) is 20.2. The maximum absolute atomic E-state index is 3.88. The van der Waals surface area contributed by atoms with E-state index in [1.54, 1.807) is 0 Å². The van der Waals surface area contributed by atoms with Crippen LogP contribution in [0.3, 0.4) is 0 Å². The minimum absolute atomic E-state index is 0.181. The van der Waals surface area contributed by atoms with Gasteiger partial charge in [-0.2, -0.15) is 0 Å². The monoisotopic (exact) mass is 396 g/mol. The first-order chi connectivity index (χ1) is 13.7. The van der Waals surface area contributed by atoms with E-state index in [-0.39, 0.29) is 5.54 Å². The van der Waals surface area contributed by atoms with Crippen molar-refractivity contribution in [1.29, 1.82) is 0 Å².